The summed E-state index contributed by atoms with van der Waals surface area (Å²) in [5.41, 5.74) is 0. The highest BCUT2D eigenvalue weighted by Gasteiger charge is 2.25. The molecule has 3 rings (SSSR count). The molecule has 1 aromatic rings. The minimum atomic E-state index is -0.282. The maximum absolute atomic E-state index is 12.8. The van der Waals surface area contributed by atoms with E-state index in [0.29, 0.717) is 18.8 Å². The first-order valence-electron chi connectivity index (χ1n) is 9.09. The molecule has 132 valence electrons. The molecule has 24 heavy (non-hydrogen) atoms. The zero-order chi connectivity index (χ0) is 16.8. The molecule has 1 amide bonds. The van der Waals surface area contributed by atoms with Gasteiger partial charge in [-0.25, -0.2) is 4.39 Å². The number of carbonyl (C=O) groups is 1. The first kappa shape index (κ1) is 17.2. The van der Waals surface area contributed by atoms with Gasteiger partial charge in [-0.2, -0.15) is 0 Å². The molecule has 2 aliphatic heterocycles. The van der Waals surface area contributed by atoms with E-state index < -0.39 is 0 Å². The largest absolute Gasteiger partial charge is 0.493 e. The van der Waals surface area contributed by atoms with E-state index in [1.807, 2.05) is 4.90 Å². The Morgan fingerprint density at radius 1 is 1.08 bits per heavy atom. The Kier molecular flexibility index (Phi) is 6.07. The molecule has 0 saturated carbocycles. The third kappa shape index (κ3) is 4.94. The molecule has 4 nitrogen and oxygen atoms in total. The van der Waals surface area contributed by atoms with Gasteiger partial charge in [-0.15, -0.1) is 0 Å². The molecule has 0 N–H and O–H groups in total. The van der Waals surface area contributed by atoms with Gasteiger partial charge in [-0.3, -0.25) is 4.79 Å². The van der Waals surface area contributed by atoms with E-state index in [-0.39, 0.29) is 11.7 Å². The molecule has 1 aromatic carbocycles. The number of amides is 1. The maximum atomic E-state index is 12.8. The fraction of sp³-hybridized carbons (Fsp3) is 0.632. The SMILES string of the molecule is O=C(CCOc1ccc(F)cc1)N1CCC(CN2CCCC2)CC1. The topological polar surface area (TPSA) is 32.8 Å². The van der Waals surface area contributed by atoms with Crippen molar-refractivity contribution >= 4 is 5.91 Å². The molecule has 0 aliphatic carbocycles. The van der Waals surface area contributed by atoms with E-state index >= 15 is 0 Å². The van der Waals surface area contributed by atoms with E-state index in [0.717, 1.165) is 31.8 Å². The predicted molar refractivity (Wildman–Crippen MR) is 91.5 cm³/mol. The molecule has 0 radical (unpaired) electrons. The van der Waals surface area contributed by atoms with Crippen molar-refractivity contribution in [1.82, 2.24) is 9.80 Å². The van der Waals surface area contributed by atoms with Crippen LogP contribution in [0, 0.1) is 11.7 Å². The van der Waals surface area contributed by atoms with Crippen molar-refractivity contribution in [3.63, 3.8) is 0 Å². The Labute approximate surface area is 143 Å². The monoisotopic (exact) mass is 334 g/mol. The van der Waals surface area contributed by atoms with E-state index in [2.05, 4.69) is 4.90 Å². The molecule has 2 aliphatic rings. The summed E-state index contributed by atoms with van der Waals surface area (Å²) in [7, 11) is 0. The first-order valence-corrected chi connectivity index (χ1v) is 9.09. The molecule has 0 spiro atoms. The third-order valence-corrected chi connectivity index (χ3v) is 5.08. The second-order valence-corrected chi connectivity index (χ2v) is 6.88. The Hall–Kier alpha value is -1.62. The summed E-state index contributed by atoms with van der Waals surface area (Å²) in [6.45, 7) is 5.79. The minimum Gasteiger partial charge on any atom is -0.493 e. The van der Waals surface area contributed by atoms with Crippen molar-refractivity contribution in [2.75, 3.05) is 39.3 Å². The summed E-state index contributed by atoms with van der Waals surface area (Å²) in [4.78, 5) is 16.8. The van der Waals surface area contributed by atoms with Crippen LogP contribution in [-0.2, 0) is 4.79 Å². The number of ether oxygens (including phenoxy) is 1. The number of hydrogen-bond donors (Lipinski definition) is 0. The highest BCUT2D eigenvalue weighted by atomic mass is 19.1. The van der Waals surface area contributed by atoms with Crippen LogP contribution >= 0.6 is 0 Å². The highest BCUT2D eigenvalue weighted by molar-refractivity contribution is 5.76. The molecular weight excluding hydrogens is 307 g/mol. The molecule has 2 fully saturated rings. The Morgan fingerprint density at radius 3 is 2.42 bits per heavy atom. The van der Waals surface area contributed by atoms with Gasteiger partial charge in [-0.05, 0) is 69.0 Å². The summed E-state index contributed by atoms with van der Waals surface area (Å²) in [5, 5.41) is 0. The van der Waals surface area contributed by atoms with Gasteiger partial charge in [0, 0.05) is 19.6 Å². The van der Waals surface area contributed by atoms with Crippen molar-refractivity contribution in [3.05, 3.63) is 30.1 Å². The lowest BCUT2D eigenvalue weighted by Gasteiger charge is -2.34. The van der Waals surface area contributed by atoms with Crippen LogP contribution in [0.3, 0.4) is 0 Å². The van der Waals surface area contributed by atoms with Crippen LogP contribution in [0.2, 0.25) is 0 Å². The third-order valence-electron chi connectivity index (χ3n) is 5.08. The minimum absolute atomic E-state index is 0.164. The first-order chi connectivity index (χ1) is 11.7. The second-order valence-electron chi connectivity index (χ2n) is 6.88. The number of halogens is 1. The van der Waals surface area contributed by atoms with Crippen LogP contribution in [0.5, 0.6) is 5.75 Å². The number of rotatable bonds is 6. The molecule has 2 saturated heterocycles. The standard InChI is InChI=1S/C19H27FN2O2/c20-17-3-5-18(6-4-17)24-14-9-19(23)22-12-7-16(8-13-22)15-21-10-1-2-11-21/h3-6,16H,1-2,7-15H2. The summed E-state index contributed by atoms with van der Waals surface area (Å²) in [5.74, 6) is 1.23. The smallest absolute Gasteiger partial charge is 0.225 e. The van der Waals surface area contributed by atoms with Crippen LogP contribution in [0.4, 0.5) is 4.39 Å². The molecule has 0 bridgehead atoms. The fourth-order valence-corrected chi connectivity index (χ4v) is 3.64. The van der Waals surface area contributed by atoms with Crippen molar-refractivity contribution in [2.45, 2.75) is 32.1 Å². The fourth-order valence-electron chi connectivity index (χ4n) is 3.64. The van der Waals surface area contributed by atoms with Crippen molar-refractivity contribution in [2.24, 2.45) is 5.92 Å². The number of nitrogens with zero attached hydrogens (tertiary/aromatic N) is 2. The average molecular weight is 334 g/mol. The molecule has 0 aromatic heterocycles. The molecular formula is C19H27FN2O2. The van der Waals surface area contributed by atoms with Crippen molar-refractivity contribution in [3.8, 4) is 5.75 Å². The van der Waals surface area contributed by atoms with Crippen molar-refractivity contribution < 1.29 is 13.9 Å². The van der Waals surface area contributed by atoms with Gasteiger partial charge in [0.2, 0.25) is 5.91 Å². The summed E-state index contributed by atoms with van der Waals surface area (Å²) in [6, 6.07) is 5.90. The lowest BCUT2D eigenvalue weighted by atomic mass is 9.96. The molecule has 0 atom stereocenters. The number of benzene rings is 1. The predicted octanol–water partition coefficient (Wildman–Crippen LogP) is 2.93. The second kappa shape index (κ2) is 8.47. The average Bonchev–Trinajstić information content (AvgIpc) is 3.10. The number of likely N-dealkylation sites (tertiary alicyclic amines) is 2. The number of hydrogen-bond acceptors (Lipinski definition) is 3. The zero-order valence-corrected chi connectivity index (χ0v) is 14.3. The van der Waals surface area contributed by atoms with E-state index in [4.69, 9.17) is 4.74 Å². The van der Waals surface area contributed by atoms with Gasteiger partial charge < -0.3 is 14.5 Å². The maximum Gasteiger partial charge on any atom is 0.225 e. The van der Waals surface area contributed by atoms with Crippen LogP contribution in [0.15, 0.2) is 24.3 Å². The summed E-state index contributed by atoms with van der Waals surface area (Å²) >= 11 is 0. The van der Waals surface area contributed by atoms with Crippen molar-refractivity contribution in [1.29, 1.82) is 0 Å². The quantitative estimate of drug-likeness (QED) is 0.802. The normalized spacial score (nSPS) is 19.6. The van der Waals surface area contributed by atoms with Gasteiger partial charge in [0.1, 0.15) is 11.6 Å². The Bertz CT molecular complexity index is 521. The van der Waals surface area contributed by atoms with Gasteiger partial charge >= 0.3 is 0 Å². The lowest BCUT2D eigenvalue weighted by molar-refractivity contribution is -0.133. The van der Waals surface area contributed by atoms with E-state index in [1.165, 1.54) is 44.6 Å². The van der Waals surface area contributed by atoms with Gasteiger partial charge in [-0.1, -0.05) is 0 Å². The summed E-state index contributed by atoms with van der Waals surface area (Å²) in [6.07, 6.45) is 5.28. The Morgan fingerprint density at radius 2 is 1.75 bits per heavy atom. The number of piperidine rings is 1. The van der Waals surface area contributed by atoms with Crippen LogP contribution in [0.1, 0.15) is 32.1 Å². The molecule has 2 heterocycles. The summed E-state index contributed by atoms with van der Waals surface area (Å²) < 4.78 is 18.3. The Balaban J connectivity index is 1.33. The van der Waals surface area contributed by atoms with Crippen LogP contribution < -0.4 is 4.74 Å². The lowest BCUT2D eigenvalue weighted by Crippen LogP contribution is -2.41. The van der Waals surface area contributed by atoms with Crippen LogP contribution in [0.25, 0.3) is 0 Å². The van der Waals surface area contributed by atoms with Gasteiger partial charge in [0.25, 0.3) is 0 Å². The van der Waals surface area contributed by atoms with E-state index in [1.54, 1.807) is 12.1 Å². The van der Waals surface area contributed by atoms with E-state index in [9.17, 15) is 9.18 Å². The molecule has 0 unspecified atom stereocenters. The highest BCUT2D eigenvalue weighted by Crippen LogP contribution is 2.21. The molecule has 5 heteroatoms. The zero-order valence-electron chi connectivity index (χ0n) is 14.3. The van der Waals surface area contributed by atoms with Gasteiger partial charge in [0.05, 0.1) is 13.0 Å². The van der Waals surface area contributed by atoms with Crippen LogP contribution in [-0.4, -0.2) is 55.0 Å². The number of carbonyl (C=O) groups excluding carboxylic acids is 1. The van der Waals surface area contributed by atoms with Gasteiger partial charge in [0.15, 0.2) is 0 Å².